The molecule has 2 rings (SSSR count). The number of allylic oxidation sites excluding steroid dienone is 6. The van der Waals surface area contributed by atoms with Crippen LogP contribution in [0.5, 0.6) is 0 Å². The maximum absolute atomic E-state index is 3.69. The molecular formula is C29H41Cm-. The summed E-state index contributed by atoms with van der Waals surface area (Å²) in [5.41, 5.74) is 8.56. The molecule has 0 N–H and O–H groups in total. The van der Waals surface area contributed by atoms with E-state index in [9.17, 15) is 0 Å². The number of benzene rings is 1. The van der Waals surface area contributed by atoms with E-state index in [0.29, 0.717) is 0 Å². The average molecular weight is 637 g/mol. The van der Waals surface area contributed by atoms with E-state index in [1.807, 2.05) is 0 Å². The van der Waals surface area contributed by atoms with E-state index >= 15 is 0 Å². The Kier molecular flexibility index (Phi) is 8.64. The van der Waals surface area contributed by atoms with Crippen LogP contribution in [-0.4, -0.2) is 0 Å². The van der Waals surface area contributed by atoms with Crippen LogP contribution >= 0.6 is 0 Å². The zero-order valence-corrected chi connectivity index (χ0v) is 23.4. The van der Waals surface area contributed by atoms with Gasteiger partial charge in [-0.25, -0.2) is 0 Å². The SMILES string of the molecule is CC(C)=CCCC(C)(C)/C=C\c1[c-]c2c(cc1C)CC(C)(CCC=C(C)C)C=C2.[Cm]. The van der Waals surface area contributed by atoms with Gasteiger partial charge in [0.15, 0.2) is 0 Å². The molecule has 1 aliphatic carbocycles. The van der Waals surface area contributed by atoms with E-state index in [2.05, 4.69) is 104 Å². The number of aryl methyl sites for hydroxylation is 1. The second kappa shape index (κ2) is 10.3. The number of hydrogen-bond acceptors (Lipinski definition) is 0. The van der Waals surface area contributed by atoms with E-state index in [1.165, 1.54) is 46.2 Å². The van der Waals surface area contributed by atoms with Crippen molar-refractivity contribution in [1.82, 2.24) is 0 Å². The van der Waals surface area contributed by atoms with Gasteiger partial charge in [0.25, 0.3) is 0 Å². The van der Waals surface area contributed by atoms with Crippen molar-refractivity contribution in [2.45, 2.75) is 87.5 Å². The summed E-state index contributed by atoms with van der Waals surface area (Å²) in [5, 5.41) is 0. The van der Waals surface area contributed by atoms with Crippen molar-refractivity contribution < 1.29 is 0 Å². The summed E-state index contributed by atoms with van der Waals surface area (Å²) in [6.07, 6.45) is 19.9. The van der Waals surface area contributed by atoms with Gasteiger partial charge in [0.05, 0.1) is 0 Å². The molecule has 30 heavy (non-hydrogen) atoms. The second-order valence-electron chi connectivity index (χ2n) is 10.4. The molecule has 166 valence electrons. The van der Waals surface area contributed by atoms with E-state index in [0.717, 1.165) is 19.3 Å². The monoisotopic (exact) mass is 632 g/mol. The van der Waals surface area contributed by atoms with Crippen molar-refractivity contribution in [3.63, 3.8) is 0 Å². The van der Waals surface area contributed by atoms with E-state index in [-0.39, 0.29) is 10.8 Å². The molecule has 0 bridgehead atoms. The van der Waals surface area contributed by atoms with Crippen molar-refractivity contribution in [2.75, 3.05) is 0 Å². The first-order valence-electron chi connectivity index (χ1n) is 11.2. The van der Waals surface area contributed by atoms with Gasteiger partial charge >= 0.3 is 0 Å². The summed E-state index contributed by atoms with van der Waals surface area (Å²) in [6.45, 7) is 18.0. The third-order valence-corrected chi connectivity index (χ3v) is 5.99. The topological polar surface area (TPSA) is 0 Å². The average Bonchev–Trinajstić information content (AvgIpc) is 2.59. The van der Waals surface area contributed by atoms with Gasteiger partial charge in [-0.15, -0.1) is 58.7 Å². The van der Waals surface area contributed by atoms with Crippen molar-refractivity contribution >= 4 is 12.2 Å². The minimum absolute atomic E-state index is 0. The fraction of sp³-hybridized carbons (Fsp3) is 0.517. The predicted octanol–water partition coefficient (Wildman–Crippen LogP) is 8.90. The normalized spacial score (nSPS) is 18.0. The summed E-state index contributed by atoms with van der Waals surface area (Å²) in [5.74, 6) is 0. The smallest absolute Gasteiger partial charge is 0 e. The van der Waals surface area contributed by atoms with Gasteiger partial charge < -0.3 is 0 Å². The quantitative estimate of drug-likeness (QED) is 0.198. The molecule has 1 aromatic rings. The van der Waals surface area contributed by atoms with Gasteiger partial charge in [-0.2, -0.15) is 0 Å². The first kappa shape index (κ1) is 25.2. The number of hydrogen-bond donors (Lipinski definition) is 0. The maximum atomic E-state index is 3.69. The number of fused-ring (bicyclic) bond motifs is 1. The third kappa shape index (κ3) is 7.54. The predicted molar refractivity (Wildman–Crippen MR) is 131 cm³/mol. The Bertz CT molecular complexity index is 824. The minimum atomic E-state index is 0. The van der Waals surface area contributed by atoms with Crippen LogP contribution < -0.4 is 0 Å². The zero-order valence-electron chi connectivity index (χ0n) is 20.4. The summed E-state index contributed by atoms with van der Waals surface area (Å²) in [4.78, 5) is 0. The van der Waals surface area contributed by atoms with Gasteiger partial charge in [0, 0.05) is 0 Å². The van der Waals surface area contributed by atoms with Crippen LogP contribution in [0.1, 0.15) is 96.4 Å². The molecule has 1 atom stereocenters. The Labute approximate surface area is 180 Å². The molecule has 1 aromatic carbocycles. The fourth-order valence-electron chi connectivity index (χ4n) is 3.97. The Morgan fingerprint density at radius 2 is 1.73 bits per heavy atom. The zero-order chi connectivity index (χ0) is 21.7. The van der Waals surface area contributed by atoms with Crippen molar-refractivity contribution in [3.05, 3.63) is 69.8 Å². The maximum Gasteiger partial charge on any atom is 0 e. The van der Waals surface area contributed by atoms with Crippen LogP contribution in [0.15, 0.2) is 41.5 Å². The summed E-state index contributed by atoms with van der Waals surface area (Å²) in [6, 6.07) is 6.09. The van der Waals surface area contributed by atoms with E-state index in [4.69, 9.17) is 0 Å². The van der Waals surface area contributed by atoms with Crippen LogP contribution in [0.2, 0.25) is 0 Å². The molecule has 0 saturated carbocycles. The van der Waals surface area contributed by atoms with Gasteiger partial charge in [0.1, 0.15) is 0 Å². The van der Waals surface area contributed by atoms with Crippen LogP contribution in [0.3, 0.4) is 0 Å². The van der Waals surface area contributed by atoms with Crippen LogP contribution in [0.4, 0.5) is 0 Å². The van der Waals surface area contributed by atoms with Gasteiger partial charge in [-0.05, 0) is 70.6 Å². The molecule has 1 heteroatoms. The molecule has 0 radical (unpaired) electrons. The molecule has 0 fully saturated rings. The standard InChI is InChI=1S/C29H41.Cm/c1-22(2)11-9-15-28(6,7)17-13-25-20-26-14-18-29(8,16-10-12-23(3)4)21-27(26)19-24(25)5;/h11-14,17-19H,9-10,15-16,21H2,1-8H3;/q-1;/b17-13-;. The summed E-state index contributed by atoms with van der Waals surface area (Å²) >= 11 is 0. The number of rotatable bonds is 8. The van der Waals surface area contributed by atoms with Gasteiger partial charge in [0.2, 0.25) is 0 Å². The van der Waals surface area contributed by atoms with Crippen molar-refractivity contribution in [1.29, 1.82) is 0 Å². The molecule has 0 aromatic heterocycles. The Morgan fingerprint density at radius 3 is 2.37 bits per heavy atom. The largest absolute Gasteiger partial charge is 0.122 e. The Hall–Kier alpha value is -2.82. The van der Waals surface area contributed by atoms with Crippen LogP contribution in [0, 0.1) is 23.8 Å². The molecule has 1 aliphatic rings. The van der Waals surface area contributed by atoms with Crippen LogP contribution in [-0.2, 0) is 6.42 Å². The molecular weight excluding hydrogens is 595 g/mol. The minimum Gasteiger partial charge on any atom is -0.122 e. The summed E-state index contributed by atoms with van der Waals surface area (Å²) < 4.78 is 0. The first-order valence-corrected chi connectivity index (χ1v) is 11.2. The molecule has 0 amide bonds. The van der Waals surface area contributed by atoms with Gasteiger partial charge in [-0.3, -0.25) is 0 Å². The van der Waals surface area contributed by atoms with E-state index < -0.39 is 0 Å². The second-order valence-corrected chi connectivity index (χ2v) is 10.4. The first-order chi connectivity index (χ1) is 13.5. The van der Waals surface area contributed by atoms with E-state index in [1.54, 1.807) is 0 Å². The molecule has 0 spiro atoms. The molecule has 1 unspecified atom stereocenters. The third-order valence-electron chi connectivity index (χ3n) is 5.99. The molecule has 0 saturated heterocycles. The fourth-order valence-corrected chi connectivity index (χ4v) is 3.97. The molecule has 0 aliphatic heterocycles. The van der Waals surface area contributed by atoms with Gasteiger partial charge in [-0.1, -0.05) is 51.0 Å². The van der Waals surface area contributed by atoms with Crippen LogP contribution in [0.25, 0.3) is 12.2 Å². The van der Waals surface area contributed by atoms with Crippen molar-refractivity contribution in [3.8, 4) is 0 Å². The summed E-state index contributed by atoms with van der Waals surface area (Å²) in [7, 11) is 0. The van der Waals surface area contributed by atoms with Crippen molar-refractivity contribution in [2.24, 2.45) is 10.8 Å². The molecule has 0 nitrogen and oxygen atoms in total. The Balaban J connectivity index is 0.00000450. The Morgan fingerprint density at radius 1 is 1.10 bits per heavy atom. The molecule has 0 heterocycles.